The predicted octanol–water partition coefficient (Wildman–Crippen LogP) is 3.92. The van der Waals surface area contributed by atoms with Crippen LogP contribution in [-0.2, 0) is 6.42 Å². The van der Waals surface area contributed by atoms with Crippen LogP contribution in [0.2, 0.25) is 30.7 Å². The average molecular weight is 257 g/mol. The van der Waals surface area contributed by atoms with Crippen molar-refractivity contribution in [2.24, 2.45) is 0 Å². The molecule has 1 rings (SSSR count). The van der Waals surface area contributed by atoms with Gasteiger partial charge in [-0.3, -0.25) is 0 Å². The van der Waals surface area contributed by atoms with Crippen LogP contribution >= 0.6 is 11.6 Å². The van der Waals surface area contributed by atoms with Gasteiger partial charge in [0.05, 0.1) is 5.56 Å². The number of carboxylic acids is 1. The molecule has 0 aliphatic carbocycles. The van der Waals surface area contributed by atoms with Crippen LogP contribution in [0.1, 0.15) is 15.9 Å². The summed E-state index contributed by atoms with van der Waals surface area (Å²) in [6.07, 6.45) is 0.871. The lowest BCUT2D eigenvalue weighted by atomic mass is 10.1. The Hall–Kier alpha value is -0.803. The number of rotatable bonds is 4. The van der Waals surface area contributed by atoms with E-state index in [9.17, 15) is 4.79 Å². The van der Waals surface area contributed by atoms with Crippen molar-refractivity contribution in [2.45, 2.75) is 32.1 Å². The van der Waals surface area contributed by atoms with Crippen LogP contribution < -0.4 is 0 Å². The van der Waals surface area contributed by atoms with E-state index in [0.29, 0.717) is 10.6 Å². The molecule has 0 amide bonds. The Kier molecular flexibility index (Phi) is 4.16. The number of carboxylic acid groups (broad SMARTS) is 1. The summed E-state index contributed by atoms with van der Waals surface area (Å²) in [7, 11) is -1.11. The summed E-state index contributed by atoms with van der Waals surface area (Å²) in [6, 6.07) is 6.02. The largest absolute Gasteiger partial charge is 0.478 e. The molecule has 0 aliphatic rings. The fraction of sp³-hybridized carbons (Fsp3) is 0.417. The van der Waals surface area contributed by atoms with Gasteiger partial charge in [0, 0.05) is 13.1 Å². The minimum atomic E-state index is -1.11. The average Bonchev–Trinajstić information content (AvgIpc) is 2.14. The first-order valence-corrected chi connectivity index (χ1v) is 9.40. The minimum absolute atomic E-state index is 0.315. The zero-order valence-electron chi connectivity index (χ0n) is 9.88. The Bertz CT molecular complexity index is 396. The van der Waals surface area contributed by atoms with Gasteiger partial charge in [0.25, 0.3) is 0 Å². The maximum absolute atomic E-state index is 10.8. The lowest BCUT2D eigenvalue weighted by molar-refractivity contribution is 0.0697. The first-order chi connectivity index (χ1) is 7.29. The maximum Gasteiger partial charge on any atom is 0.335 e. The van der Waals surface area contributed by atoms with Crippen molar-refractivity contribution in [3.8, 4) is 0 Å². The van der Waals surface area contributed by atoms with Crippen molar-refractivity contribution in [1.82, 2.24) is 0 Å². The van der Waals surface area contributed by atoms with E-state index >= 15 is 0 Å². The maximum atomic E-state index is 10.8. The standard InChI is InChI=1S/C12H17ClO2Si/c1-16(2,3)7-6-9-8-10(12(14)15)4-5-11(9)13/h4-5,8H,6-7H2,1-3H3,(H,14,15). The van der Waals surface area contributed by atoms with E-state index in [0.717, 1.165) is 18.0 Å². The van der Waals surface area contributed by atoms with Crippen LogP contribution in [0.15, 0.2) is 18.2 Å². The highest BCUT2D eigenvalue weighted by Gasteiger charge is 2.14. The third kappa shape index (κ3) is 3.98. The van der Waals surface area contributed by atoms with Crippen molar-refractivity contribution in [2.75, 3.05) is 0 Å². The molecule has 0 aromatic heterocycles. The molecule has 16 heavy (non-hydrogen) atoms. The van der Waals surface area contributed by atoms with Gasteiger partial charge < -0.3 is 5.11 Å². The smallest absolute Gasteiger partial charge is 0.335 e. The Balaban J connectivity index is 2.86. The molecule has 0 unspecified atom stereocenters. The van der Waals surface area contributed by atoms with Gasteiger partial charge >= 0.3 is 5.97 Å². The number of hydrogen-bond acceptors (Lipinski definition) is 1. The number of carbonyl (C=O) groups is 1. The molecule has 0 aliphatic heterocycles. The molecule has 1 aromatic carbocycles. The Morgan fingerprint density at radius 2 is 2.00 bits per heavy atom. The van der Waals surface area contributed by atoms with Crippen LogP contribution in [0, 0.1) is 0 Å². The molecule has 0 saturated carbocycles. The molecule has 0 bridgehead atoms. The van der Waals surface area contributed by atoms with E-state index < -0.39 is 14.0 Å². The highest BCUT2D eigenvalue weighted by atomic mass is 35.5. The van der Waals surface area contributed by atoms with E-state index in [4.69, 9.17) is 16.7 Å². The molecule has 4 heteroatoms. The van der Waals surface area contributed by atoms with Gasteiger partial charge in [0.2, 0.25) is 0 Å². The number of halogens is 1. The molecule has 0 radical (unpaired) electrons. The van der Waals surface area contributed by atoms with Crippen molar-refractivity contribution >= 4 is 25.6 Å². The van der Waals surface area contributed by atoms with Crippen LogP contribution in [0.4, 0.5) is 0 Å². The summed E-state index contributed by atoms with van der Waals surface area (Å²) in [4.78, 5) is 10.8. The summed E-state index contributed by atoms with van der Waals surface area (Å²) in [5, 5.41) is 9.56. The van der Waals surface area contributed by atoms with Crippen LogP contribution in [0.5, 0.6) is 0 Å². The number of aryl methyl sites for hydroxylation is 1. The van der Waals surface area contributed by atoms with E-state index in [1.807, 2.05) is 0 Å². The third-order valence-electron chi connectivity index (χ3n) is 2.44. The fourth-order valence-corrected chi connectivity index (χ4v) is 2.64. The van der Waals surface area contributed by atoms with E-state index in [1.54, 1.807) is 18.2 Å². The normalized spacial score (nSPS) is 11.5. The second-order valence-electron chi connectivity index (χ2n) is 5.17. The Morgan fingerprint density at radius 1 is 1.38 bits per heavy atom. The van der Waals surface area contributed by atoms with E-state index in [2.05, 4.69) is 19.6 Å². The van der Waals surface area contributed by atoms with Crippen LogP contribution in [-0.4, -0.2) is 19.1 Å². The van der Waals surface area contributed by atoms with Gasteiger partial charge in [-0.2, -0.15) is 0 Å². The van der Waals surface area contributed by atoms with Crippen molar-refractivity contribution < 1.29 is 9.90 Å². The SMILES string of the molecule is C[Si](C)(C)CCc1cc(C(=O)O)ccc1Cl. The van der Waals surface area contributed by atoms with E-state index in [-0.39, 0.29) is 0 Å². The first-order valence-electron chi connectivity index (χ1n) is 5.31. The van der Waals surface area contributed by atoms with Crippen molar-refractivity contribution in [3.63, 3.8) is 0 Å². The quantitative estimate of drug-likeness (QED) is 0.829. The van der Waals surface area contributed by atoms with Gasteiger partial charge in [-0.15, -0.1) is 0 Å². The van der Waals surface area contributed by atoms with Crippen LogP contribution in [0.3, 0.4) is 0 Å². The van der Waals surface area contributed by atoms with Crippen LogP contribution in [0.25, 0.3) is 0 Å². The van der Waals surface area contributed by atoms with E-state index in [1.165, 1.54) is 0 Å². The van der Waals surface area contributed by atoms with Gasteiger partial charge in [0.15, 0.2) is 0 Å². The highest BCUT2D eigenvalue weighted by Crippen LogP contribution is 2.22. The molecule has 0 heterocycles. The molecule has 0 atom stereocenters. The number of aromatic carboxylic acids is 1. The molecule has 2 nitrogen and oxygen atoms in total. The molecule has 0 saturated heterocycles. The lowest BCUT2D eigenvalue weighted by Crippen LogP contribution is -2.20. The summed E-state index contributed by atoms with van der Waals surface area (Å²) in [5.41, 5.74) is 1.26. The zero-order chi connectivity index (χ0) is 12.3. The number of hydrogen-bond donors (Lipinski definition) is 1. The molecule has 0 fully saturated rings. The fourth-order valence-electron chi connectivity index (χ4n) is 1.41. The summed E-state index contributed by atoms with van der Waals surface area (Å²) >= 11 is 6.05. The zero-order valence-corrected chi connectivity index (χ0v) is 11.6. The summed E-state index contributed by atoms with van der Waals surface area (Å²) in [6.45, 7) is 6.88. The summed E-state index contributed by atoms with van der Waals surface area (Å²) < 4.78 is 0. The molecular weight excluding hydrogens is 240 g/mol. The van der Waals surface area contributed by atoms with Gasteiger partial charge in [0.1, 0.15) is 0 Å². The first kappa shape index (κ1) is 13.3. The Labute approximate surface area is 102 Å². The second kappa shape index (κ2) is 5.02. The predicted molar refractivity (Wildman–Crippen MR) is 70.3 cm³/mol. The van der Waals surface area contributed by atoms with Crippen molar-refractivity contribution in [1.29, 1.82) is 0 Å². The molecule has 88 valence electrons. The van der Waals surface area contributed by atoms with Gasteiger partial charge in [-0.05, 0) is 30.2 Å². The summed E-state index contributed by atoms with van der Waals surface area (Å²) in [5.74, 6) is -0.897. The second-order valence-corrected chi connectivity index (χ2v) is 11.2. The molecule has 1 aromatic rings. The third-order valence-corrected chi connectivity index (χ3v) is 4.56. The monoisotopic (exact) mass is 256 g/mol. The Morgan fingerprint density at radius 3 is 2.50 bits per heavy atom. The topological polar surface area (TPSA) is 37.3 Å². The van der Waals surface area contributed by atoms with Gasteiger partial charge in [-0.1, -0.05) is 37.3 Å². The lowest BCUT2D eigenvalue weighted by Gasteiger charge is -2.16. The molecular formula is C12H17ClO2Si. The highest BCUT2D eigenvalue weighted by molar-refractivity contribution is 6.76. The van der Waals surface area contributed by atoms with Crippen molar-refractivity contribution in [3.05, 3.63) is 34.3 Å². The number of benzene rings is 1. The van der Waals surface area contributed by atoms with Gasteiger partial charge in [-0.25, -0.2) is 4.79 Å². The molecule has 1 N–H and O–H groups in total. The minimum Gasteiger partial charge on any atom is -0.478 e. The molecule has 0 spiro atoms.